The van der Waals surface area contributed by atoms with Crippen LogP contribution in [0.4, 0.5) is 0 Å². The van der Waals surface area contributed by atoms with Crippen molar-refractivity contribution in [2.45, 2.75) is 37.6 Å². The average molecular weight is 413 g/mol. The van der Waals surface area contributed by atoms with E-state index in [1.807, 2.05) is 12.1 Å². The smallest absolute Gasteiger partial charge is 0.164 e. The normalized spacial score (nSPS) is 24.5. The highest BCUT2D eigenvalue weighted by atomic mass is 16.5. The maximum atomic E-state index is 10.2. The maximum Gasteiger partial charge on any atom is 0.164 e. The zero-order valence-corrected chi connectivity index (χ0v) is 18.1. The molecule has 6 heteroatoms. The van der Waals surface area contributed by atoms with Crippen LogP contribution in [0.15, 0.2) is 42.5 Å². The van der Waals surface area contributed by atoms with Crippen LogP contribution in [0.1, 0.15) is 17.5 Å². The molecular formula is C24H32N2O4. The van der Waals surface area contributed by atoms with Crippen molar-refractivity contribution in [1.82, 2.24) is 9.80 Å². The predicted octanol–water partition coefficient (Wildman–Crippen LogP) is 2.57. The van der Waals surface area contributed by atoms with Crippen LogP contribution < -0.4 is 14.2 Å². The molecule has 4 rings (SSSR count). The van der Waals surface area contributed by atoms with Gasteiger partial charge in [0.1, 0.15) is 5.75 Å². The van der Waals surface area contributed by atoms with Crippen molar-refractivity contribution in [1.29, 1.82) is 0 Å². The lowest BCUT2D eigenvalue weighted by Gasteiger charge is -2.44. The van der Waals surface area contributed by atoms with Gasteiger partial charge in [-0.15, -0.1) is 0 Å². The summed E-state index contributed by atoms with van der Waals surface area (Å²) in [5.41, 5.74) is 2.42. The van der Waals surface area contributed by atoms with Gasteiger partial charge in [-0.3, -0.25) is 9.80 Å². The molecule has 2 aliphatic rings. The molecule has 3 atom stereocenters. The third-order valence-corrected chi connectivity index (χ3v) is 6.39. The summed E-state index contributed by atoms with van der Waals surface area (Å²) in [6, 6.07) is 15.3. The molecule has 2 heterocycles. The van der Waals surface area contributed by atoms with Crippen LogP contribution in [0.2, 0.25) is 0 Å². The van der Waals surface area contributed by atoms with Gasteiger partial charge in [0.25, 0.3) is 0 Å². The molecule has 0 amide bonds. The minimum atomic E-state index is -0.219. The van der Waals surface area contributed by atoms with E-state index in [0.29, 0.717) is 23.6 Å². The molecule has 6 nitrogen and oxygen atoms in total. The fourth-order valence-electron chi connectivity index (χ4n) is 4.89. The van der Waals surface area contributed by atoms with E-state index in [2.05, 4.69) is 40.1 Å². The van der Waals surface area contributed by atoms with Crippen molar-refractivity contribution >= 4 is 0 Å². The van der Waals surface area contributed by atoms with Gasteiger partial charge in [0.05, 0.1) is 27.4 Å². The molecule has 2 aliphatic heterocycles. The van der Waals surface area contributed by atoms with Crippen LogP contribution in [0.3, 0.4) is 0 Å². The molecule has 0 saturated carbocycles. The maximum absolute atomic E-state index is 10.2. The molecule has 2 saturated heterocycles. The van der Waals surface area contributed by atoms with Crippen molar-refractivity contribution < 1.29 is 19.3 Å². The second-order valence-corrected chi connectivity index (χ2v) is 8.29. The van der Waals surface area contributed by atoms with Crippen LogP contribution in [0.25, 0.3) is 0 Å². The van der Waals surface area contributed by atoms with Crippen molar-refractivity contribution in [3.63, 3.8) is 0 Å². The van der Waals surface area contributed by atoms with E-state index < -0.39 is 0 Å². The molecule has 30 heavy (non-hydrogen) atoms. The number of piperazine rings is 1. The van der Waals surface area contributed by atoms with Crippen molar-refractivity contribution in [3.05, 3.63) is 53.6 Å². The standard InChI is InChI=1S/C24H32N2O4/c1-28-22-12-24(30-3)23(29-2)10-18(22)13-25-15-20-11-21(27)16-26(20)14-19(25)9-17-7-5-4-6-8-17/h4-8,10,12,19-21,27H,9,11,13-16H2,1-3H3/t19-,20-,21+/m0/s1. The van der Waals surface area contributed by atoms with E-state index in [0.717, 1.165) is 50.3 Å². The average Bonchev–Trinajstić information content (AvgIpc) is 3.13. The van der Waals surface area contributed by atoms with Crippen LogP contribution in [-0.2, 0) is 13.0 Å². The molecule has 0 radical (unpaired) electrons. The highest BCUT2D eigenvalue weighted by Gasteiger charge is 2.39. The number of methoxy groups -OCH3 is 3. The molecule has 0 aromatic heterocycles. The van der Waals surface area contributed by atoms with Crippen LogP contribution >= 0.6 is 0 Å². The van der Waals surface area contributed by atoms with Gasteiger partial charge in [0.2, 0.25) is 0 Å². The third-order valence-electron chi connectivity index (χ3n) is 6.39. The summed E-state index contributed by atoms with van der Waals surface area (Å²) in [6.45, 7) is 3.45. The Bertz CT molecular complexity index is 845. The zero-order chi connectivity index (χ0) is 21.1. The molecular weight excluding hydrogens is 380 g/mol. The van der Waals surface area contributed by atoms with E-state index >= 15 is 0 Å². The zero-order valence-electron chi connectivity index (χ0n) is 18.1. The van der Waals surface area contributed by atoms with Crippen LogP contribution in [0.5, 0.6) is 17.2 Å². The first-order chi connectivity index (χ1) is 14.6. The Labute approximate surface area is 179 Å². The van der Waals surface area contributed by atoms with Gasteiger partial charge in [-0.2, -0.15) is 0 Å². The Balaban J connectivity index is 1.60. The summed E-state index contributed by atoms with van der Waals surface area (Å²) >= 11 is 0. The Hall–Kier alpha value is -2.28. The largest absolute Gasteiger partial charge is 0.496 e. The van der Waals surface area contributed by atoms with E-state index in [9.17, 15) is 5.11 Å². The highest BCUT2D eigenvalue weighted by Crippen LogP contribution is 2.36. The molecule has 2 aromatic rings. The van der Waals surface area contributed by atoms with Gasteiger partial charge < -0.3 is 19.3 Å². The van der Waals surface area contributed by atoms with E-state index in [1.54, 1.807) is 21.3 Å². The molecule has 162 valence electrons. The number of nitrogens with zero attached hydrogens (tertiary/aromatic N) is 2. The lowest BCUT2D eigenvalue weighted by Crippen LogP contribution is -2.56. The molecule has 0 spiro atoms. The summed E-state index contributed by atoms with van der Waals surface area (Å²) < 4.78 is 16.6. The van der Waals surface area contributed by atoms with Crippen LogP contribution in [-0.4, -0.2) is 74.1 Å². The van der Waals surface area contributed by atoms with Crippen molar-refractivity contribution in [2.24, 2.45) is 0 Å². The number of fused-ring (bicyclic) bond motifs is 1. The lowest BCUT2D eigenvalue weighted by atomic mass is 9.98. The number of rotatable bonds is 7. The fourth-order valence-corrected chi connectivity index (χ4v) is 4.89. The molecule has 1 N–H and O–H groups in total. The topological polar surface area (TPSA) is 54.4 Å². The number of hydrogen-bond acceptors (Lipinski definition) is 6. The third kappa shape index (κ3) is 4.41. The number of aliphatic hydroxyl groups excluding tert-OH is 1. The molecule has 0 unspecified atom stereocenters. The summed E-state index contributed by atoms with van der Waals surface area (Å²) in [6.07, 6.45) is 1.61. The first kappa shape index (κ1) is 21.0. The second kappa shape index (κ2) is 9.25. The van der Waals surface area contributed by atoms with Gasteiger partial charge in [0, 0.05) is 49.9 Å². The molecule has 0 aliphatic carbocycles. The van der Waals surface area contributed by atoms with Crippen molar-refractivity contribution in [3.8, 4) is 17.2 Å². The van der Waals surface area contributed by atoms with Crippen molar-refractivity contribution in [2.75, 3.05) is 41.0 Å². The first-order valence-electron chi connectivity index (χ1n) is 10.6. The summed E-state index contributed by atoms with van der Waals surface area (Å²) in [5, 5.41) is 10.2. The fraction of sp³-hybridized carbons (Fsp3) is 0.500. The van der Waals surface area contributed by atoms with Crippen LogP contribution in [0, 0.1) is 0 Å². The molecule has 0 bridgehead atoms. The Morgan fingerprint density at radius 1 is 0.900 bits per heavy atom. The Kier molecular flexibility index (Phi) is 6.46. The Morgan fingerprint density at radius 2 is 1.60 bits per heavy atom. The molecule has 2 fully saturated rings. The number of hydrogen-bond donors (Lipinski definition) is 1. The van der Waals surface area contributed by atoms with Gasteiger partial charge >= 0.3 is 0 Å². The minimum absolute atomic E-state index is 0.219. The number of benzene rings is 2. The predicted molar refractivity (Wildman–Crippen MR) is 116 cm³/mol. The monoisotopic (exact) mass is 412 g/mol. The summed E-state index contributed by atoms with van der Waals surface area (Å²) in [5.74, 6) is 2.19. The van der Waals surface area contributed by atoms with Gasteiger partial charge in [-0.25, -0.2) is 0 Å². The number of ether oxygens (including phenoxy) is 3. The summed E-state index contributed by atoms with van der Waals surface area (Å²) in [7, 11) is 4.99. The Morgan fingerprint density at radius 3 is 2.30 bits per heavy atom. The van der Waals surface area contributed by atoms with Gasteiger partial charge in [0.15, 0.2) is 11.5 Å². The SMILES string of the molecule is COc1cc(OC)c(OC)cc1CN1C[C@@H]2C[C@@H](O)CN2C[C@@H]1Cc1ccccc1. The quantitative estimate of drug-likeness (QED) is 0.755. The summed E-state index contributed by atoms with van der Waals surface area (Å²) in [4.78, 5) is 5.00. The lowest BCUT2D eigenvalue weighted by molar-refractivity contribution is 0.0440. The number of aliphatic hydroxyl groups is 1. The van der Waals surface area contributed by atoms with Gasteiger partial charge in [-0.1, -0.05) is 30.3 Å². The minimum Gasteiger partial charge on any atom is -0.496 e. The van der Waals surface area contributed by atoms with E-state index in [-0.39, 0.29) is 6.10 Å². The van der Waals surface area contributed by atoms with E-state index in [4.69, 9.17) is 14.2 Å². The van der Waals surface area contributed by atoms with E-state index in [1.165, 1.54) is 5.56 Å². The van der Waals surface area contributed by atoms with Gasteiger partial charge in [-0.05, 0) is 24.5 Å². The molecule has 2 aromatic carbocycles. The highest BCUT2D eigenvalue weighted by molar-refractivity contribution is 5.50. The first-order valence-corrected chi connectivity index (χ1v) is 10.6. The second-order valence-electron chi connectivity index (χ2n) is 8.29.